The first-order valence-corrected chi connectivity index (χ1v) is 17.1. The fraction of sp³-hybridized carbons (Fsp3) is 0.324. The number of hydrogen-bond donors (Lipinski definition) is 0. The summed E-state index contributed by atoms with van der Waals surface area (Å²) in [5.41, 5.74) is 3.96. The summed E-state index contributed by atoms with van der Waals surface area (Å²) < 4.78 is 20.0. The minimum Gasteiger partial charge on any atom is -0.491 e. The summed E-state index contributed by atoms with van der Waals surface area (Å²) in [5, 5.41) is 0.659. The van der Waals surface area contributed by atoms with E-state index in [1.54, 1.807) is 18.4 Å². The Morgan fingerprint density at radius 3 is 2.45 bits per heavy atom. The molecule has 246 valence electrons. The predicted molar refractivity (Wildman–Crippen MR) is 188 cm³/mol. The number of nitrogens with zero attached hydrogens (tertiary/aromatic N) is 3. The molecule has 1 aromatic heterocycles. The van der Waals surface area contributed by atoms with Crippen molar-refractivity contribution in [2.75, 3.05) is 24.6 Å². The summed E-state index contributed by atoms with van der Waals surface area (Å²) in [6.07, 6.45) is 1.72. The van der Waals surface area contributed by atoms with E-state index in [4.69, 9.17) is 30.8 Å². The van der Waals surface area contributed by atoms with Gasteiger partial charge in [-0.25, -0.2) is 9.79 Å². The summed E-state index contributed by atoms with van der Waals surface area (Å²) in [6.45, 7) is 13.8. The van der Waals surface area contributed by atoms with Crippen LogP contribution in [-0.2, 0) is 16.1 Å². The highest BCUT2D eigenvalue weighted by atomic mass is 35.5. The Bertz CT molecular complexity index is 1960. The number of para-hydroxylation sites is 1. The van der Waals surface area contributed by atoms with Gasteiger partial charge in [-0.15, -0.1) is 0 Å². The van der Waals surface area contributed by atoms with Gasteiger partial charge in [-0.05, 0) is 83.5 Å². The van der Waals surface area contributed by atoms with E-state index in [-0.39, 0.29) is 18.3 Å². The van der Waals surface area contributed by atoms with Crippen molar-refractivity contribution in [3.8, 4) is 11.5 Å². The quantitative estimate of drug-likeness (QED) is 0.156. The van der Waals surface area contributed by atoms with E-state index < -0.39 is 12.0 Å². The maximum absolute atomic E-state index is 14.4. The van der Waals surface area contributed by atoms with E-state index in [9.17, 15) is 9.59 Å². The van der Waals surface area contributed by atoms with Gasteiger partial charge in [0.2, 0.25) is 0 Å². The Balaban J connectivity index is 1.67. The first-order valence-electron chi connectivity index (χ1n) is 15.9. The number of rotatable bonds is 12. The van der Waals surface area contributed by atoms with Gasteiger partial charge in [-0.2, -0.15) is 0 Å². The van der Waals surface area contributed by atoms with Crippen LogP contribution in [0.2, 0.25) is 5.02 Å². The molecule has 0 aliphatic carbocycles. The highest BCUT2D eigenvalue weighted by Crippen LogP contribution is 2.36. The number of fused-ring (bicyclic) bond motifs is 1. The summed E-state index contributed by atoms with van der Waals surface area (Å²) in [4.78, 5) is 35.2. The fourth-order valence-electron chi connectivity index (χ4n) is 5.59. The zero-order chi connectivity index (χ0) is 33.7. The molecule has 47 heavy (non-hydrogen) atoms. The van der Waals surface area contributed by atoms with Crippen LogP contribution in [0.5, 0.6) is 11.5 Å². The summed E-state index contributed by atoms with van der Waals surface area (Å²) >= 11 is 7.37. The maximum Gasteiger partial charge on any atom is 0.338 e. The number of aromatic nitrogens is 1. The van der Waals surface area contributed by atoms with E-state index in [2.05, 4.69) is 18.7 Å². The lowest BCUT2D eigenvalue weighted by Crippen LogP contribution is -2.40. The molecule has 1 aliphatic heterocycles. The van der Waals surface area contributed by atoms with Crippen LogP contribution in [0.4, 0.5) is 5.69 Å². The third kappa shape index (κ3) is 7.47. The van der Waals surface area contributed by atoms with E-state index >= 15 is 0 Å². The molecule has 10 heteroatoms. The van der Waals surface area contributed by atoms with Gasteiger partial charge in [-0.3, -0.25) is 9.36 Å². The highest BCUT2D eigenvalue weighted by molar-refractivity contribution is 7.07. The largest absolute Gasteiger partial charge is 0.491 e. The van der Waals surface area contributed by atoms with E-state index in [0.717, 1.165) is 29.9 Å². The van der Waals surface area contributed by atoms with Gasteiger partial charge in [0.25, 0.3) is 5.56 Å². The van der Waals surface area contributed by atoms with Gasteiger partial charge in [0.05, 0.1) is 28.5 Å². The van der Waals surface area contributed by atoms with Gasteiger partial charge in [0.15, 0.2) is 4.80 Å². The number of anilines is 1. The SMILES string of the molecule is CCOC(=O)C1=C(C)N=c2s/c(=C\c3ccc(N(CC)CC)cc3OCc3ccc(Cl)cc3)c(=O)n2[C@@H]1c1ccccc1OC(C)C. The fourth-order valence-corrected chi connectivity index (χ4v) is 6.75. The second-order valence-electron chi connectivity index (χ2n) is 11.3. The molecule has 1 aliphatic rings. The zero-order valence-electron chi connectivity index (χ0n) is 27.6. The lowest BCUT2D eigenvalue weighted by atomic mass is 9.95. The average molecular weight is 674 g/mol. The first-order chi connectivity index (χ1) is 22.6. The number of allylic oxidation sites excluding steroid dienone is 1. The number of esters is 1. The molecule has 0 saturated carbocycles. The van der Waals surface area contributed by atoms with E-state index in [0.29, 0.717) is 49.3 Å². The van der Waals surface area contributed by atoms with Gasteiger partial charge in [-0.1, -0.05) is 53.3 Å². The lowest BCUT2D eigenvalue weighted by molar-refractivity contribution is -0.139. The smallest absolute Gasteiger partial charge is 0.338 e. The molecule has 0 bridgehead atoms. The number of hydrogen-bond acceptors (Lipinski definition) is 8. The normalized spacial score (nSPS) is 14.6. The summed E-state index contributed by atoms with van der Waals surface area (Å²) in [6, 6.07) is 20.2. The Kier molecular flexibility index (Phi) is 10.9. The Labute approximate surface area is 284 Å². The first kappa shape index (κ1) is 34.0. The zero-order valence-corrected chi connectivity index (χ0v) is 29.2. The number of carbonyl (C=O) groups excluding carboxylic acids is 1. The molecule has 4 aromatic rings. The molecule has 1 atom stereocenters. The van der Waals surface area contributed by atoms with Crippen LogP contribution in [0.25, 0.3) is 6.08 Å². The van der Waals surface area contributed by atoms with Crippen molar-refractivity contribution in [1.82, 2.24) is 4.57 Å². The van der Waals surface area contributed by atoms with E-state index in [1.807, 2.05) is 86.7 Å². The molecule has 0 amide bonds. The number of halogens is 1. The molecule has 2 heterocycles. The van der Waals surface area contributed by atoms with Crippen LogP contribution in [0, 0.1) is 0 Å². The number of carbonyl (C=O) groups is 1. The molecule has 0 spiro atoms. The van der Waals surface area contributed by atoms with Crippen LogP contribution in [0.15, 0.2) is 87.8 Å². The molecule has 0 fully saturated rings. The van der Waals surface area contributed by atoms with Crippen molar-refractivity contribution in [1.29, 1.82) is 0 Å². The van der Waals surface area contributed by atoms with Crippen LogP contribution >= 0.6 is 22.9 Å². The topological polar surface area (TPSA) is 82.4 Å². The Hall–Kier alpha value is -4.34. The minimum atomic E-state index is -0.784. The number of thiazole rings is 1. The molecule has 0 unspecified atom stereocenters. The number of ether oxygens (including phenoxy) is 3. The highest BCUT2D eigenvalue weighted by Gasteiger charge is 2.35. The van der Waals surface area contributed by atoms with Crippen molar-refractivity contribution in [3.05, 3.63) is 119 Å². The molecule has 8 nitrogen and oxygen atoms in total. The van der Waals surface area contributed by atoms with Gasteiger partial charge >= 0.3 is 5.97 Å². The van der Waals surface area contributed by atoms with Gasteiger partial charge < -0.3 is 19.1 Å². The summed E-state index contributed by atoms with van der Waals surface area (Å²) in [5.74, 6) is 0.714. The molecule has 5 rings (SSSR count). The van der Waals surface area contributed by atoms with Crippen molar-refractivity contribution in [2.45, 2.75) is 60.3 Å². The van der Waals surface area contributed by atoms with Crippen molar-refractivity contribution in [3.63, 3.8) is 0 Å². The third-order valence-corrected chi connectivity index (χ3v) is 9.05. The molecule has 3 aromatic carbocycles. The molecule has 0 saturated heterocycles. The number of benzene rings is 3. The predicted octanol–water partition coefficient (Wildman–Crippen LogP) is 6.66. The second kappa shape index (κ2) is 15.0. The molecule has 0 N–H and O–H groups in total. The van der Waals surface area contributed by atoms with Crippen LogP contribution in [0.1, 0.15) is 64.3 Å². The van der Waals surface area contributed by atoms with Crippen LogP contribution in [-0.4, -0.2) is 36.3 Å². The van der Waals surface area contributed by atoms with Gasteiger partial charge in [0, 0.05) is 41.0 Å². The van der Waals surface area contributed by atoms with Gasteiger partial charge in [0.1, 0.15) is 24.1 Å². The molecular weight excluding hydrogens is 634 g/mol. The third-order valence-electron chi connectivity index (χ3n) is 7.81. The minimum absolute atomic E-state index is 0.117. The van der Waals surface area contributed by atoms with Crippen LogP contribution in [0.3, 0.4) is 0 Å². The summed E-state index contributed by atoms with van der Waals surface area (Å²) in [7, 11) is 0. The van der Waals surface area contributed by atoms with E-state index in [1.165, 1.54) is 11.3 Å². The average Bonchev–Trinajstić information content (AvgIpc) is 3.35. The van der Waals surface area contributed by atoms with Crippen LogP contribution < -0.4 is 29.3 Å². The second-order valence-corrected chi connectivity index (χ2v) is 12.8. The molecular formula is C37H40ClN3O5S. The lowest BCUT2D eigenvalue weighted by Gasteiger charge is -2.26. The van der Waals surface area contributed by atoms with Crippen molar-refractivity contribution < 1.29 is 19.0 Å². The Morgan fingerprint density at radius 1 is 1.04 bits per heavy atom. The van der Waals surface area contributed by atoms with Crippen molar-refractivity contribution in [2.24, 2.45) is 4.99 Å². The monoisotopic (exact) mass is 673 g/mol. The molecule has 0 radical (unpaired) electrons. The maximum atomic E-state index is 14.4. The Morgan fingerprint density at radius 2 is 1.77 bits per heavy atom. The standard InChI is InChI=1S/C37H40ClN3O5S/c1-7-40(8-2)28-19-16-26(31(21-28)45-22-25-14-17-27(38)18-15-25)20-32-35(42)41-34(29-12-10-11-13-30(29)46-23(4)5)33(36(43)44-9-3)24(6)39-37(41)47-32/h10-21,23,34H,7-9,22H2,1-6H3/b32-20-/t34-/m1/s1. The van der Waals surface area contributed by atoms with Crippen molar-refractivity contribution >= 4 is 40.7 Å².